The minimum absolute atomic E-state index is 0.146. The molecule has 0 amide bonds. The van der Waals surface area contributed by atoms with Gasteiger partial charge in [-0.25, -0.2) is 0 Å². The number of hydrogen-bond acceptors (Lipinski definition) is 4. The summed E-state index contributed by atoms with van der Waals surface area (Å²) in [6.07, 6.45) is 4.55. The van der Waals surface area contributed by atoms with Crippen molar-refractivity contribution < 1.29 is 19.9 Å². The number of rotatable bonds is 6. The topological polar surface area (TPSA) is 81.0 Å². The van der Waals surface area contributed by atoms with Gasteiger partial charge in [0, 0.05) is 13.1 Å². The van der Waals surface area contributed by atoms with Crippen LogP contribution in [0.15, 0.2) is 30.3 Å². The van der Waals surface area contributed by atoms with E-state index in [1.165, 1.54) is 12.0 Å². The molecule has 2 rings (SSSR count). The molecular formula is C18H30BNO4. The van der Waals surface area contributed by atoms with Crippen LogP contribution < -0.4 is 0 Å². The third-order valence-electron chi connectivity index (χ3n) is 4.43. The molecule has 1 aromatic rings. The first-order valence-corrected chi connectivity index (χ1v) is 8.75. The number of benzene rings is 1. The van der Waals surface area contributed by atoms with Crippen molar-refractivity contribution in [2.45, 2.75) is 45.5 Å². The molecule has 0 radical (unpaired) electrons. The highest BCUT2D eigenvalue weighted by Gasteiger charge is 2.31. The summed E-state index contributed by atoms with van der Waals surface area (Å²) >= 11 is 0. The number of nitrogens with zero attached hydrogens (tertiary/aromatic N) is 1. The minimum atomic E-state index is -1.12. The van der Waals surface area contributed by atoms with Gasteiger partial charge in [0.25, 0.3) is 0 Å². The van der Waals surface area contributed by atoms with Gasteiger partial charge in [0.1, 0.15) is 0 Å². The number of carbonyl (C=O) groups is 1. The molecule has 1 fully saturated rings. The summed E-state index contributed by atoms with van der Waals surface area (Å²) < 4.78 is 0. The lowest BCUT2D eigenvalue weighted by Gasteiger charge is -2.32. The first-order chi connectivity index (χ1) is 11.4. The number of carboxylic acids is 1. The van der Waals surface area contributed by atoms with E-state index < -0.39 is 13.1 Å². The quantitative estimate of drug-likeness (QED) is 0.696. The SMILES string of the molecule is CCB(O)O.CN(Cc1ccccc1)CC1CCCC[C@@H]1C(=O)O. The van der Waals surface area contributed by atoms with Crippen molar-refractivity contribution in [2.75, 3.05) is 13.6 Å². The van der Waals surface area contributed by atoms with Crippen LogP contribution in [0.1, 0.15) is 38.2 Å². The maximum absolute atomic E-state index is 11.3. The van der Waals surface area contributed by atoms with E-state index in [1.54, 1.807) is 6.92 Å². The second kappa shape index (κ2) is 11.2. The lowest BCUT2D eigenvalue weighted by atomic mass is 9.79. The van der Waals surface area contributed by atoms with E-state index in [0.717, 1.165) is 32.4 Å². The Labute approximate surface area is 145 Å². The second-order valence-electron chi connectivity index (χ2n) is 6.56. The van der Waals surface area contributed by atoms with Crippen molar-refractivity contribution in [3.8, 4) is 0 Å². The summed E-state index contributed by atoms with van der Waals surface area (Å²) in [4.78, 5) is 13.5. The van der Waals surface area contributed by atoms with Gasteiger partial charge < -0.3 is 20.1 Å². The van der Waals surface area contributed by atoms with Gasteiger partial charge in [-0.05, 0) is 37.7 Å². The highest BCUT2D eigenvalue weighted by molar-refractivity contribution is 6.40. The zero-order valence-electron chi connectivity index (χ0n) is 14.8. The van der Waals surface area contributed by atoms with Crippen molar-refractivity contribution in [3.05, 3.63) is 35.9 Å². The smallest absolute Gasteiger partial charge is 0.451 e. The molecule has 5 nitrogen and oxygen atoms in total. The summed E-state index contributed by atoms with van der Waals surface area (Å²) in [5, 5.41) is 25.1. The molecular weight excluding hydrogens is 305 g/mol. The average molecular weight is 335 g/mol. The molecule has 0 heterocycles. The molecule has 0 saturated heterocycles. The number of aliphatic carboxylic acids is 1. The molecule has 2 atom stereocenters. The first kappa shape index (κ1) is 20.7. The fourth-order valence-corrected chi connectivity index (χ4v) is 3.11. The van der Waals surface area contributed by atoms with Gasteiger partial charge in [-0.15, -0.1) is 0 Å². The van der Waals surface area contributed by atoms with Gasteiger partial charge in [0.15, 0.2) is 0 Å². The Kier molecular flexibility index (Phi) is 9.68. The van der Waals surface area contributed by atoms with E-state index in [1.807, 2.05) is 18.2 Å². The Morgan fingerprint density at radius 3 is 2.33 bits per heavy atom. The Morgan fingerprint density at radius 1 is 1.21 bits per heavy atom. The molecule has 0 bridgehead atoms. The van der Waals surface area contributed by atoms with Crippen molar-refractivity contribution in [2.24, 2.45) is 11.8 Å². The van der Waals surface area contributed by atoms with Crippen LogP contribution in [0.5, 0.6) is 0 Å². The second-order valence-corrected chi connectivity index (χ2v) is 6.56. The molecule has 24 heavy (non-hydrogen) atoms. The van der Waals surface area contributed by atoms with Crippen molar-refractivity contribution in [1.82, 2.24) is 4.90 Å². The molecule has 6 heteroatoms. The third kappa shape index (κ3) is 7.95. The summed E-state index contributed by atoms with van der Waals surface area (Å²) in [6.45, 7) is 3.47. The monoisotopic (exact) mass is 335 g/mol. The number of carboxylic acid groups (broad SMARTS) is 1. The van der Waals surface area contributed by atoms with Crippen LogP contribution in [0.2, 0.25) is 6.32 Å². The van der Waals surface area contributed by atoms with Gasteiger partial charge >= 0.3 is 13.1 Å². The van der Waals surface area contributed by atoms with Crippen LogP contribution in [0.25, 0.3) is 0 Å². The number of hydrogen-bond donors (Lipinski definition) is 3. The molecule has 3 N–H and O–H groups in total. The standard InChI is InChI=1S/C16H23NO2.C2H7BO2/c1-17(11-13-7-3-2-4-8-13)12-14-9-5-6-10-15(14)16(18)19;1-2-3(4)5/h2-4,7-8,14-15H,5-6,9-12H2,1H3,(H,18,19);4-5H,2H2,1H3/t14?,15-;/m0./s1. The van der Waals surface area contributed by atoms with Crippen LogP contribution in [0.3, 0.4) is 0 Å². The Bertz CT molecular complexity index is 469. The molecule has 0 spiro atoms. The summed E-state index contributed by atoms with van der Waals surface area (Å²) in [5.74, 6) is -0.454. The zero-order valence-corrected chi connectivity index (χ0v) is 14.8. The molecule has 1 aromatic carbocycles. The van der Waals surface area contributed by atoms with Gasteiger partial charge in [-0.1, -0.05) is 50.1 Å². The van der Waals surface area contributed by atoms with Crippen molar-refractivity contribution in [3.63, 3.8) is 0 Å². The van der Waals surface area contributed by atoms with Gasteiger partial charge in [-0.2, -0.15) is 0 Å². The van der Waals surface area contributed by atoms with Crippen molar-refractivity contribution >= 4 is 13.1 Å². The normalized spacial score (nSPS) is 20.2. The van der Waals surface area contributed by atoms with Crippen LogP contribution in [-0.4, -0.2) is 46.7 Å². The van der Waals surface area contributed by atoms with Crippen LogP contribution >= 0.6 is 0 Å². The summed E-state index contributed by atoms with van der Waals surface area (Å²) in [6, 6.07) is 10.3. The Morgan fingerprint density at radius 2 is 1.79 bits per heavy atom. The maximum Gasteiger partial charge on any atom is 0.451 e. The molecule has 1 saturated carbocycles. The molecule has 0 aliphatic heterocycles. The highest BCUT2D eigenvalue weighted by atomic mass is 16.4. The van der Waals surface area contributed by atoms with Crippen LogP contribution in [-0.2, 0) is 11.3 Å². The fraction of sp³-hybridized carbons (Fsp3) is 0.611. The van der Waals surface area contributed by atoms with Crippen LogP contribution in [0, 0.1) is 11.8 Å². The van der Waals surface area contributed by atoms with E-state index >= 15 is 0 Å². The average Bonchev–Trinajstić information content (AvgIpc) is 2.56. The Hall–Kier alpha value is -1.37. The molecule has 1 unspecified atom stereocenters. The molecule has 134 valence electrons. The fourth-order valence-electron chi connectivity index (χ4n) is 3.11. The first-order valence-electron chi connectivity index (χ1n) is 8.75. The van der Waals surface area contributed by atoms with E-state index in [2.05, 4.69) is 24.1 Å². The maximum atomic E-state index is 11.3. The van der Waals surface area contributed by atoms with Crippen molar-refractivity contribution in [1.29, 1.82) is 0 Å². The molecule has 1 aliphatic rings. The van der Waals surface area contributed by atoms with E-state index in [9.17, 15) is 9.90 Å². The molecule has 1 aliphatic carbocycles. The van der Waals surface area contributed by atoms with E-state index in [0.29, 0.717) is 12.2 Å². The molecule has 0 aromatic heterocycles. The predicted molar refractivity (Wildman–Crippen MR) is 96.5 cm³/mol. The summed E-state index contributed by atoms with van der Waals surface area (Å²) in [7, 11) is 0.968. The highest BCUT2D eigenvalue weighted by Crippen LogP contribution is 2.30. The van der Waals surface area contributed by atoms with Crippen LogP contribution in [0.4, 0.5) is 0 Å². The van der Waals surface area contributed by atoms with Gasteiger partial charge in [-0.3, -0.25) is 4.79 Å². The largest absolute Gasteiger partial charge is 0.481 e. The van der Waals surface area contributed by atoms with E-state index in [-0.39, 0.29) is 5.92 Å². The predicted octanol–water partition coefficient (Wildman–Crippen LogP) is 2.49. The van der Waals surface area contributed by atoms with E-state index in [4.69, 9.17) is 10.0 Å². The lowest BCUT2D eigenvalue weighted by molar-refractivity contribution is -0.145. The minimum Gasteiger partial charge on any atom is -0.481 e. The lowest BCUT2D eigenvalue weighted by Crippen LogP contribution is -2.35. The Balaban J connectivity index is 0.000000505. The zero-order chi connectivity index (χ0) is 17.9. The summed E-state index contributed by atoms with van der Waals surface area (Å²) in [5.41, 5.74) is 1.28. The van der Waals surface area contributed by atoms with Gasteiger partial charge in [0.05, 0.1) is 5.92 Å². The third-order valence-corrected chi connectivity index (χ3v) is 4.43. The van der Waals surface area contributed by atoms with Gasteiger partial charge in [0.2, 0.25) is 0 Å².